The molecule has 0 bridgehead atoms. The first-order valence-electron chi connectivity index (χ1n) is 8.44. The molecule has 4 N–H and O–H groups in total. The fourth-order valence-electron chi connectivity index (χ4n) is 3.20. The molecule has 4 nitrogen and oxygen atoms in total. The summed E-state index contributed by atoms with van der Waals surface area (Å²) in [4.78, 5) is 13.8. The fourth-order valence-corrected chi connectivity index (χ4v) is 3.20. The van der Waals surface area contributed by atoms with Gasteiger partial charge in [-0.1, -0.05) is 20.8 Å². The Hall–Kier alpha value is -0.610. The lowest BCUT2D eigenvalue weighted by atomic mass is 9.77. The SMILES string of the molecule is CC(N)(CCCCN1CCCC(C(C)(C)C)CC1)C(N)=O. The predicted molar refractivity (Wildman–Crippen MR) is 88.9 cm³/mol. The molecule has 1 fully saturated rings. The number of carbonyl (C=O) groups is 1. The van der Waals surface area contributed by atoms with Gasteiger partial charge in [0.2, 0.25) is 5.91 Å². The number of nitrogens with two attached hydrogens (primary N) is 2. The highest BCUT2D eigenvalue weighted by Crippen LogP contribution is 2.34. The van der Waals surface area contributed by atoms with Gasteiger partial charge < -0.3 is 16.4 Å². The van der Waals surface area contributed by atoms with E-state index >= 15 is 0 Å². The Morgan fingerprint density at radius 3 is 2.38 bits per heavy atom. The van der Waals surface area contributed by atoms with Gasteiger partial charge in [0.15, 0.2) is 0 Å². The van der Waals surface area contributed by atoms with E-state index in [0.717, 1.165) is 25.3 Å². The van der Waals surface area contributed by atoms with E-state index in [1.807, 2.05) is 0 Å². The van der Waals surface area contributed by atoms with Gasteiger partial charge in [0.25, 0.3) is 0 Å². The Bertz CT molecular complexity index is 333. The monoisotopic (exact) mass is 297 g/mol. The summed E-state index contributed by atoms with van der Waals surface area (Å²) in [6.45, 7) is 12.3. The summed E-state index contributed by atoms with van der Waals surface area (Å²) in [6, 6.07) is 0. The minimum absolute atomic E-state index is 0.398. The first-order valence-corrected chi connectivity index (χ1v) is 8.44. The average molecular weight is 297 g/mol. The van der Waals surface area contributed by atoms with Gasteiger partial charge in [0.05, 0.1) is 5.54 Å². The first-order chi connectivity index (χ1) is 9.63. The van der Waals surface area contributed by atoms with Crippen molar-refractivity contribution in [3.05, 3.63) is 0 Å². The van der Waals surface area contributed by atoms with Crippen LogP contribution >= 0.6 is 0 Å². The normalized spacial score (nSPS) is 24.3. The highest BCUT2D eigenvalue weighted by atomic mass is 16.1. The number of nitrogens with zero attached hydrogens (tertiary/aromatic N) is 1. The molecule has 1 heterocycles. The van der Waals surface area contributed by atoms with Gasteiger partial charge in [-0.05, 0) is 76.4 Å². The zero-order valence-corrected chi connectivity index (χ0v) is 14.5. The highest BCUT2D eigenvalue weighted by Gasteiger charge is 2.27. The second kappa shape index (κ2) is 7.59. The minimum Gasteiger partial charge on any atom is -0.368 e. The molecule has 4 heteroatoms. The van der Waals surface area contributed by atoms with E-state index in [9.17, 15) is 4.79 Å². The molecule has 2 unspecified atom stereocenters. The van der Waals surface area contributed by atoms with Crippen LogP contribution < -0.4 is 11.5 Å². The van der Waals surface area contributed by atoms with Gasteiger partial charge in [0.1, 0.15) is 0 Å². The van der Waals surface area contributed by atoms with Crippen molar-refractivity contribution in [1.29, 1.82) is 0 Å². The Balaban J connectivity index is 2.26. The number of hydrogen-bond donors (Lipinski definition) is 2. The third-order valence-electron chi connectivity index (χ3n) is 5.03. The maximum absolute atomic E-state index is 11.2. The molecule has 0 saturated carbocycles. The molecule has 0 aliphatic carbocycles. The van der Waals surface area contributed by atoms with Crippen molar-refractivity contribution in [2.75, 3.05) is 19.6 Å². The van der Waals surface area contributed by atoms with Crippen LogP contribution in [0.2, 0.25) is 0 Å². The number of amides is 1. The van der Waals surface area contributed by atoms with Crippen LogP contribution in [-0.2, 0) is 4.79 Å². The third kappa shape index (κ3) is 6.35. The van der Waals surface area contributed by atoms with Crippen LogP contribution in [0.1, 0.15) is 66.2 Å². The van der Waals surface area contributed by atoms with E-state index in [2.05, 4.69) is 25.7 Å². The molecular weight excluding hydrogens is 262 g/mol. The molecule has 0 aromatic heterocycles. The Morgan fingerprint density at radius 2 is 1.81 bits per heavy atom. The van der Waals surface area contributed by atoms with Crippen LogP contribution in [0, 0.1) is 11.3 Å². The minimum atomic E-state index is -0.851. The van der Waals surface area contributed by atoms with Gasteiger partial charge in [0, 0.05) is 0 Å². The highest BCUT2D eigenvalue weighted by molar-refractivity contribution is 5.83. The standard InChI is InChI=1S/C17H35N3O/c1-16(2,3)14-8-7-12-20(13-9-14)11-6-5-10-17(4,19)15(18)21/h14H,5-13,19H2,1-4H3,(H2,18,21). The number of likely N-dealkylation sites (tertiary alicyclic amines) is 1. The molecule has 1 rings (SSSR count). The largest absolute Gasteiger partial charge is 0.368 e. The summed E-state index contributed by atoms with van der Waals surface area (Å²) in [5.74, 6) is 0.440. The van der Waals surface area contributed by atoms with E-state index in [-0.39, 0.29) is 0 Å². The quantitative estimate of drug-likeness (QED) is 0.740. The molecular formula is C17H35N3O. The average Bonchev–Trinajstić information content (AvgIpc) is 2.59. The molecule has 0 spiro atoms. The maximum Gasteiger partial charge on any atom is 0.237 e. The second-order valence-electron chi connectivity index (χ2n) is 8.07. The van der Waals surface area contributed by atoms with E-state index in [0.29, 0.717) is 11.8 Å². The van der Waals surface area contributed by atoms with Crippen molar-refractivity contribution in [2.45, 2.75) is 71.8 Å². The van der Waals surface area contributed by atoms with Gasteiger partial charge in [-0.2, -0.15) is 0 Å². The van der Waals surface area contributed by atoms with Crippen molar-refractivity contribution < 1.29 is 4.79 Å². The van der Waals surface area contributed by atoms with E-state index < -0.39 is 11.4 Å². The maximum atomic E-state index is 11.2. The van der Waals surface area contributed by atoms with Crippen LogP contribution in [-0.4, -0.2) is 36.0 Å². The van der Waals surface area contributed by atoms with Crippen LogP contribution in [0.5, 0.6) is 0 Å². The van der Waals surface area contributed by atoms with Crippen LogP contribution in [0.3, 0.4) is 0 Å². The van der Waals surface area contributed by atoms with Crippen molar-refractivity contribution in [1.82, 2.24) is 4.90 Å². The molecule has 0 radical (unpaired) electrons. The Labute approximate surface area is 130 Å². The number of primary amides is 1. The van der Waals surface area contributed by atoms with Gasteiger partial charge >= 0.3 is 0 Å². The molecule has 124 valence electrons. The fraction of sp³-hybridized carbons (Fsp3) is 0.941. The predicted octanol–water partition coefficient (Wildman–Crippen LogP) is 2.51. The molecule has 0 aromatic carbocycles. The molecule has 1 amide bonds. The molecule has 2 atom stereocenters. The third-order valence-corrected chi connectivity index (χ3v) is 5.03. The van der Waals surface area contributed by atoms with Gasteiger partial charge in [-0.25, -0.2) is 0 Å². The van der Waals surface area contributed by atoms with Gasteiger partial charge in [-0.3, -0.25) is 4.79 Å². The Morgan fingerprint density at radius 1 is 1.14 bits per heavy atom. The molecule has 1 aliphatic rings. The van der Waals surface area contributed by atoms with Crippen molar-refractivity contribution in [2.24, 2.45) is 22.8 Å². The van der Waals surface area contributed by atoms with Crippen molar-refractivity contribution >= 4 is 5.91 Å². The van der Waals surface area contributed by atoms with Crippen molar-refractivity contribution in [3.8, 4) is 0 Å². The molecule has 0 aromatic rings. The summed E-state index contributed by atoms with van der Waals surface area (Å²) < 4.78 is 0. The number of rotatable bonds is 6. The summed E-state index contributed by atoms with van der Waals surface area (Å²) in [5, 5.41) is 0. The number of unbranched alkanes of at least 4 members (excludes halogenated alkanes) is 1. The van der Waals surface area contributed by atoms with E-state index in [1.54, 1.807) is 6.92 Å². The topological polar surface area (TPSA) is 72.3 Å². The van der Waals surface area contributed by atoms with Crippen LogP contribution in [0.4, 0.5) is 0 Å². The number of hydrogen-bond acceptors (Lipinski definition) is 3. The van der Waals surface area contributed by atoms with Crippen LogP contribution in [0.15, 0.2) is 0 Å². The molecule has 21 heavy (non-hydrogen) atoms. The molecule has 1 saturated heterocycles. The lowest BCUT2D eigenvalue weighted by Crippen LogP contribution is -2.49. The summed E-state index contributed by atoms with van der Waals surface area (Å²) in [5.41, 5.74) is 10.8. The summed E-state index contributed by atoms with van der Waals surface area (Å²) >= 11 is 0. The van der Waals surface area contributed by atoms with E-state index in [4.69, 9.17) is 11.5 Å². The lowest BCUT2D eigenvalue weighted by molar-refractivity contribution is -0.122. The smallest absolute Gasteiger partial charge is 0.237 e. The zero-order chi connectivity index (χ0) is 16.1. The zero-order valence-electron chi connectivity index (χ0n) is 14.5. The van der Waals surface area contributed by atoms with Gasteiger partial charge in [-0.15, -0.1) is 0 Å². The van der Waals surface area contributed by atoms with Crippen LogP contribution in [0.25, 0.3) is 0 Å². The number of carbonyl (C=O) groups excluding carboxylic acids is 1. The Kier molecular flexibility index (Phi) is 6.67. The summed E-state index contributed by atoms with van der Waals surface area (Å²) in [6.07, 6.45) is 6.70. The lowest BCUT2D eigenvalue weighted by Gasteiger charge is -2.29. The first kappa shape index (κ1) is 18.4. The molecule has 1 aliphatic heterocycles. The second-order valence-corrected chi connectivity index (χ2v) is 8.07. The summed E-state index contributed by atoms with van der Waals surface area (Å²) in [7, 11) is 0. The van der Waals surface area contributed by atoms with E-state index in [1.165, 1.54) is 32.4 Å². The van der Waals surface area contributed by atoms with Crippen molar-refractivity contribution in [3.63, 3.8) is 0 Å².